The number of rotatable bonds is 10. The molecule has 0 saturated heterocycles. The van der Waals surface area contributed by atoms with Gasteiger partial charge in [-0.25, -0.2) is 16.8 Å². The van der Waals surface area contributed by atoms with Crippen molar-refractivity contribution in [1.82, 2.24) is 0 Å². The lowest BCUT2D eigenvalue weighted by Crippen LogP contribution is -2.14. The van der Waals surface area contributed by atoms with Crippen LogP contribution >= 0.6 is 0 Å². The van der Waals surface area contributed by atoms with Gasteiger partial charge in [0.15, 0.2) is 0 Å². The summed E-state index contributed by atoms with van der Waals surface area (Å²) in [7, 11) is -6.14. The van der Waals surface area contributed by atoms with Crippen molar-refractivity contribution < 1.29 is 45.7 Å². The number of aromatic hydroxyl groups is 1. The highest BCUT2D eigenvalue weighted by Crippen LogP contribution is 2.26. The van der Waals surface area contributed by atoms with Gasteiger partial charge in [-0.1, -0.05) is 0 Å². The predicted octanol–water partition coefficient (Wildman–Crippen LogP) is 4.36. The Balaban J connectivity index is 1.29. The fraction of sp³-hybridized carbons (Fsp3) is 0.103. The molecule has 0 amide bonds. The second-order valence-corrected chi connectivity index (χ2v) is 12.5. The summed E-state index contributed by atoms with van der Waals surface area (Å²) in [6.45, 7) is 0. The summed E-state index contributed by atoms with van der Waals surface area (Å²) in [5.74, 6) is -0.834. The van der Waals surface area contributed by atoms with Gasteiger partial charge in [0.25, 0.3) is 0 Å². The number of phenols is 1. The van der Waals surface area contributed by atoms with Gasteiger partial charge in [0, 0.05) is 0 Å². The molecule has 0 radical (unpaired) electrons. The minimum absolute atomic E-state index is 0.00734. The average Bonchev–Trinajstić information content (AvgIpc) is 2.97. The van der Waals surface area contributed by atoms with Crippen molar-refractivity contribution in [3.63, 3.8) is 0 Å². The van der Waals surface area contributed by atoms with Gasteiger partial charge in [-0.2, -0.15) is 0 Å². The zero-order valence-electron chi connectivity index (χ0n) is 21.6. The molecule has 0 aliphatic rings. The van der Waals surface area contributed by atoms with E-state index in [1.807, 2.05) is 0 Å². The number of carbonyl (C=O) groups is 2. The van der Waals surface area contributed by atoms with Crippen LogP contribution in [0, 0.1) is 0 Å². The van der Waals surface area contributed by atoms with Gasteiger partial charge in [0.05, 0.1) is 39.5 Å². The van der Waals surface area contributed by atoms with Crippen molar-refractivity contribution in [1.29, 1.82) is 0 Å². The molecule has 10 nitrogen and oxygen atoms in total. The van der Waals surface area contributed by atoms with Crippen molar-refractivity contribution in [2.75, 3.05) is 7.11 Å². The van der Waals surface area contributed by atoms with Crippen molar-refractivity contribution in [2.24, 2.45) is 0 Å². The first kappa shape index (κ1) is 29.3. The van der Waals surface area contributed by atoms with Crippen LogP contribution < -0.4 is 14.2 Å². The number of hydrogen-bond donors (Lipinski definition) is 1. The van der Waals surface area contributed by atoms with E-state index in [1.54, 1.807) is 0 Å². The molecule has 0 aliphatic carbocycles. The van der Waals surface area contributed by atoms with Crippen molar-refractivity contribution in [2.45, 2.75) is 32.4 Å². The summed E-state index contributed by atoms with van der Waals surface area (Å²) in [4.78, 5) is 24.4. The minimum atomic E-state index is -3.83. The van der Waals surface area contributed by atoms with Crippen molar-refractivity contribution in [3.8, 4) is 23.0 Å². The number of sulfone groups is 2. The van der Waals surface area contributed by atoms with Gasteiger partial charge in [0.1, 0.15) is 23.0 Å². The summed E-state index contributed by atoms with van der Waals surface area (Å²) < 4.78 is 66.4. The molecule has 0 heterocycles. The molecule has 0 bridgehead atoms. The Kier molecular flexibility index (Phi) is 8.74. The summed E-state index contributed by atoms with van der Waals surface area (Å²) in [5, 5.41) is 9.36. The first-order valence-corrected chi connectivity index (χ1v) is 15.0. The number of phenolic OH excluding ortho intramolecular Hbond substituents is 1. The Hall–Kier alpha value is -4.68. The lowest BCUT2D eigenvalue weighted by atomic mass is 10.3. The number of methoxy groups -OCH3 is 1. The minimum Gasteiger partial charge on any atom is -0.508 e. The van der Waals surface area contributed by atoms with E-state index in [9.17, 15) is 31.5 Å². The number of hydrogen-bond acceptors (Lipinski definition) is 10. The largest absolute Gasteiger partial charge is 0.508 e. The van der Waals surface area contributed by atoms with Crippen molar-refractivity contribution >= 4 is 31.6 Å². The van der Waals surface area contributed by atoms with Gasteiger partial charge in [-0.3, -0.25) is 9.59 Å². The van der Waals surface area contributed by atoms with Gasteiger partial charge in [0.2, 0.25) is 19.7 Å². The Morgan fingerprint density at radius 3 is 1.15 bits per heavy atom. The average molecular weight is 597 g/mol. The van der Waals surface area contributed by atoms with E-state index in [0.29, 0.717) is 5.75 Å². The molecule has 0 fully saturated rings. The van der Waals surface area contributed by atoms with Gasteiger partial charge in [-0.05, 0) is 97.1 Å². The van der Waals surface area contributed by atoms with Crippen LogP contribution in [-0.2, 0) is 29.3 Å². The fourth-order valence-electron chi connectivity index (χ4n) is 3.60. The van der Waals surface area contributed by atoms with E-state index in [-0.39, 0.29) is 49.7 Å². The topological polar surface area (TPSA) is 150 Å². The Bertz CT molecular complexity index is 1740. The number of ether oxygens (including phenoxy) is 3. The highest BCUT2D eigenvalue weighted by atomic mass is 32.2. The Morgan fingerprint density at radius 2 is 0.829 bits per heavy atom. The molecule has 4 rings (SSSR count). The molecule has 0 saturated carbocycles. The lowest BCUT2D eigenvalue weighted by molar-refractivity contribution is -0.140. The SMILES string of the molecule is COc1ccc(S(=O)(=O)c2ccc(OC(=O)CCC(=O)Oc3ccc(S(=O)(=O)c4ccc(O)cc4)cc3)cc2)cc1. The molecule has 0 aromatic heterocycles. The van der Waals surface area contributed by atoms with Crippen LogP contribution in [0.5, 0.6) is 23.0 Å². The second kappa shape index (κ2) is 12.2. The van der Waals surface area contributed by atoms with Crippen LogP contribution in [-0.4, -0.2) is 41.0 Å². The maximum atomic E-state index is 12.8. The first-order valence-electron chi connectivity index (χ1n) is 12.0. The highest BCUT2D eigenvalue weighted by molar-refractivity contribution is 7.91. The Labute approximate surface area is 236 Å². The zero-order valence-corrected chi connectivity index (χ0v) is 23.2. The molecule has 0 spiro atoms. The monoisotopic (exact) mass is 596 g/mol. The maximum Gasteiger partial charge on any atom is 0.311 e. The second-order valence-electron chi connectivity index (χ2n) is 8.57. The first-order chi connectivity index (χ1) is 19.5. The molecule has 12 heteroatoms. The number of esters is 2. The summed E-state index contributed by atoms with van der Waals surface area (Å²) in [5.41, 5.74) is 0. The van der Waals surface area contributed by atoms with E-state index in [2.05, 4.69) is 0 Å². The highest BCUT2D eigenvalue weighted by Gasteiger charge is 2.20. The quantitative estimate of drug-likeness (QED) is 0.207. The van der Waals surface area contributed by atoms with E-state index in [1.165, 1.54) is 104 Å². The third kappa shape index (κ3) is 7.10. The van der Waals surface area contributed by atoms with Crippen LogP contribution in [0.25, 0.3) is 0 Å². The Morgan fingerprint density at radius 1 is 0.537 bits per heavy atom. The number of benzene rings is 4. The molecule has 0 atom stereocenters. The summed E-state index contributed by atoms with van der Waals surface area (Å²) in [6, 6.07) is 21.4. The summed E-state index contributed by atoms with van der Waals surface area (Å²) in [6.07, 6.45) is -0.617. The molecule has 0 unspecified atom stereocenters. The molecule has 212 valence electrons. The molecular weight excluding hydrogens is 572 g/mol. The van der Waals surface area contributed by atoms with Crippen LogP contribution in [0.4, 0.5) is 0 Å². The van der Waals surface area contributed by atoms with E-state index < -0.39 is 31.6 Å². The van der Waals surface area contributed by atoms with Gasteiger partial charge >= 0.3 is 11.9 Å². The molecule has 41 heavy (non-hydrogen) atoms. The number of carbonyl (C=O) groups excluding carboxylic acids is 2. The van der Waals surface area contributed by atoms with E-state index in [4.69, 9.17) is 14.2 Å². The smallest absolute Gasteiger partial charge is 0.311 e. The lowest BCUT2D eigenvalue weighted by Gasteiger charge is -2.08. The fourth-order valence-corrected chi connectivity index (χ4v) is 6.12. The predicted molar refractivity (Wildman–Crippen MR) is 145 cm³/mol. The van der Waals surface area contributed by atoms with Gasteiger partial charge < -0.3 is 19.3 Å². The van der Waals surface area contributed by atoms with Crippen LogP contribution in [0.15, 0.2) is 117 Å². The molecule has 4 aromatic carbocycles. The molecule has 0 aliphatic heterocycles. The molecule has 4 aromatic rings. The van der Waals surface area contributed by atoms with E-state index >= 15 is 0 Å². The van der Waals surface area contributed by atoms with Crippen LogP contribution in [0.2, 0.25) is 0 Å². The van der Waals surface area contributed by atoms with Gasteiger partial charge in [-0.15, -0.1) is 0 Å². The molecule has 1 N–H and O–H groups in total. The third-order valence-electron chi connectivity index (χ3n) is 5.78. The van der Waals surface area contributed by atoms with E-state index in [0.717, 1.165) is 0 Å². The maximum absolute atomic E-state index is 12.8. The zero-order chi connectivity index (χ0) is 29.6. The van der Waals surface area contributed by atoms with Crippen LogP contribution in [0.3, 0.4) is 0 Å². The van der Waals surface area contributed by atoms with Crippen LogP contribution in [0.1, 0.15) is 12.8 Å². The summed E-state index contributed by atoms with van der Waals surface area (Å²) >= 11 is 0. The molecular formula is C29H24O10S2. The normalized spacial score (nSPS) is 11.4. The third-order valence-corrected chi connectivity index (χ3v) is 9.35. The standard InChI is InChI=1S/C29H24O10S2/c1-37-21-4-12-25(13-5-21)41(35,36)27-16-8-23(9-17-27)39-29(32)19-18-28(31)38-22-6-14-26(15-7-22)40(33,34)24-10-2-20(30)3-11-24/h2-17,30H,18-19H2,1H3. The van der Waals surface area contributed by atoms with Crippen molar-refractivity contribution in [3.05, 3.63) is 97.1 Å².